The first-order chi connectivity index (χ1) is 11.1. The van der Waals surface area contributed by atoms with Crippen LogP contribution in [-0.2, 0) is 16.0 Å². The number of halogens is 1. The fourth-order valence-corrected chi connectivity index (χ4v) is 2.91. The minimum Gasteiger partial charge on any atom is -0.326 e. The van der Waals surface area contributed by atoms with Crippen molar-refractivity contribution in [2.75, 3.05) is 10.6 Å². The molecule has 2 aromatic carbocycles. The van der Waals surface area contributed by atoms with E-state index in [0.29, 0.717) is 23.6 Å². The van der Waals surface area contributed by atoms with Crippen molar-refractivity contribution in [2.24, 2.45) is 5.92 Å². The van der Waals surface area contributed by atoms with Gasteiger partial charge in [-0.05, 0) is 36.6 Å². The Labute approximate surface area is 139 Å². The summed E-state index contributed by atoms with van der Waals surface area (Å²) in [6.07, 6.45) is 1.46. The highest BCUT2D eigenvalue weighted by molar-refractivity contribution is 6.33. The van der Waals surface area contributed by atoms with Crippen LogP contribution in [0.4, 0.5) is 11.4 Å². The Bertz CT molecular complexity index is 745. The van der Waals surface area contributed by atoms with E-state index >= 15 is 0 Å². The second-order valence-electron chi connectivity index (χ2n) is 5.61. The molecule has 2 amide bonds. The zero-order valence-corrected chi connectivity index (χ0v) is 13.3. The fraction of sp³-hybridized carbons (Fsp3) is 0.222. The maximum atomic E-state index is 12.1. The molecule has 23 heavy (non-hydrogen) atoms. The van der Waals surface area contributed by atoms with Gasteiger partial charge < -0.3 is 10.6 Å². The summed E-state index contributed by atoms with van der Waals surface area (Å²) < 4.78 is 0. The van der Waals surface area contributed by atoms with Crippen molar-refractivity contribution in [2.45, 2.75) is 19.3 Å². The van der Waals surface area contributed by atoms with Gasteiger partial charge >= 0.3 is 0 Å². The molecule has 2 N–H and O–H groups in total. The molecular weight excluding hydrogens is 312 g/mol. The first-order valence-electron chi connectivity index (χ1n) is 7.56. The summed E-state index contributed by atoms with van der Waals surface area (Å²) in [5.41, 5.74) is 2.58. The first-order valence-corrected chi connectivity index (χ1v) is 7.94. The Hall–Kier alpha value is -2.33. The number of para-hydroxylation sites is 2. The number of fused-ring (bicyclic) bond motifs is 1. The van der Waals surface area contributed by atoms with E-state index in [0.717, 1.165) is 11.3 Å². The Morgan fingerprint density at radius 1 is 1.17 bits per heavy atom. The van der Waals surface area contributed by atoms with Crippen molar-refractivity contribution in [3.8, 4) is 0 Å². The SMILES string of the molecule is O=C(CCC1Cc2ccccc2NC1=O)Nc1ccccc1Cl. The molecule has 0 saturated heterocycles. The lowest BCUT2D eigenvalue weighted by molar-refractivity contribution is -0.121. The highest BCUT2D eigenvalue weighted by atomic mass is 35.5. The molecule has 0 bridgehead atoms. The summed E-state index contributed by atoms with van der Waals surface area (Å²) in [5.74, 6) is -0.333. The molecular formula is C18H17ClN2O2. The van der Waals surface area contributed by atoms with Gasteiger partial charge in [0.2, 0.25) is 11.8 Å². The molecule has 0 aliphatic carbocycles. The van der Waals surface area contributed by atoms with Crippen LogP contribution in [0.3, 0.4) is 0 Å². The lowest BCUT2D eigenvalue weighted by Gasteiger charge is -2.24. The van der Waals surface area contributed by atoms with Gasteiger partial charge in [-0.15, -0.1) is 0 Å². The molecule has 1 aliphatic heterocycles. The predicted molar refractivity (Wildman–Crippen MR) is 91.6 cm³/mol. The number of amides is 2. The highest BCUT2D eigenvalue weighted by Gasteiger charge is 2.26. The van der Waals surface area contributed by atoms with Gasteiger partial charge in [-0.1, -0.05) is 41.9 Å². The van der Waals surface area contributed by atoms with Gasteiger partial charge in [0.05, 0.1) is 10.7 Å². The van der Waals surface area contributed by atoms with E-state index in [2.05, 4.69) is 10.6 Å². The standard InChI is InChI=1S/C18H17ClN2O2/c19-14-6-2-4-8-16(14)20-17(22)10-9-13-11-12-5-1-3-7-15(12)21-18(13)23/h1-8,13H,9-11H2,(H,20,22)(H,21,23). The van der Waals surface area contributed by atoms with Gasteiger partial charge in [-0.25, -0.2) is 0 Å². The third kappa shape index (κ3) is 3.71. The topological polar surface area (TPSA) is 58.2 Å². The molecule has 1 heterocycles. The Morgan fingerprint density at radius 3 is 2.74 bits per heavy atom. The Balaban J connectivity index is 1.57. The lowest BCUT2D eigenvalue weighted by Crippen LogP contribution is -2.30. The summed E-state index contributed by atoms with van der Waals surface area (Å²) >= 11 is 6.02. The molecule has 0 radical (unpaired) electrons. The second-order valence-corrected chi connectivity index (χ2v) is 6.02. The first kappa shape index (κ1) is 15.6. The molecule has 0 saturated carbocycles. The quantitative estimate of drug-likeness (QED) is 0.895. The third-order valence-electron chi connectivity index (χ3n) is 3.98. The normalized spacial score (nSPS) is 16.4. The number of hydrogen-bond donors (Lipinski definition) is 2. The average molecular weight is 329 g/mol. The molecule has 1 aliphatic rings. The van der Waals surface area contributed by atoms with Crippen molar-refractivity contribution in [1.29, 1.82) is 0 Å². The molecule has 1 atom stereocenters. The smallest absolute Gasteiger partial charge is 0.227 e. The van der Waals surface area contributed by atoms with Crippen LogP contribution in [0.25, 0.3) is 0 Å². The third-order valence-corrected chi connectivity index (χ3v) is 4.31. The van der Waals surface area contributed by atoms with Crippen LogP contribution in [0.1, 0.15) is 18.4 Å². The summed E-state index contributed by atoms with van der Waals surface area (Å²) in [4.78, 5) is 24.2. The number of benzene rings is 2. The van der Waals surface area contributed by atoms with E-state index in [1.54, 1.807) is 12.1 Å². The van der Waals surface area contributed by atoms with E-state index in [-0.39, 0.29) is 24.2 Å². The van der Waals surface area contributed by atoms with Gasteiger partial charge in [0.1, 0.15) is 0 Å². The minimum absolute atomic E-state index is 0.0192. The fourth-order valence-electron chi connectivity index (χ4n) is 2.73. The van der Waals surface area contributed by atoms with E-state index in [9.17, 15) is 9.59 Å². The maximum absolute atomic E-state index is 12.1. The summed E-state index contributed by atoms with van der Waals surface area (Å²) in [5, 5.41) is 6.19. The van der Waals surface area contributed by atoms with Crippen LogP contribution in [0.15, 0.2) is 48.5 Å². The minimum atomic E-state index is -0.179. The van der Waals surface area contributed by atoms with E-state index in [1.165, 1.54) is 0 Å². The van der Waals surface area contributed by atoms with Crippen molar-refractivity contribution >= 4 is 34.8 Å². The number of nitrogens with one attached hydrogen (secondary N) is 2. The van der Waals surface area contributed by atoms with Crippen molar-refractivity contribution in [3.05, 3.63) is 59.1 Å². The van der Waals surface area contributed by atoms with E-state index in [4.69, 9.17) is 11.6 Å². The van der Waals surface area contributed by atoms with E-state index < -0.39 is 0 Å². The largest absolute Gasteiger partial charge is 0.326 e. The number of carbonyl (C=O) groups is 2. The number of rotatable bonds is 4. The molecule has 118 valence electrons. The van der Waals surface area contributed by atoms with Gasteiger partial charge in [0.25, 0.3) is 0 Å². The number of carbonyl (C=O) groups excluding carboxylic acids is 2. The van der Waals surface area contributed by atoms with Crippen LogP contribution in [0.2, 0.25) is 5.02 Å². The van der Waals surface area contributed by atoms with Crippen LogP contribution in [0, 0.1) is 5.92 Å². The van der Waals surface area contributed by atoms with Crippen LogP contribution in [-0.4, -0.2) is 11.8 Å². The molecule has 4 nitrogen and oxygen atoms in total. The molecule has 1 unspecified atom stereocenters. The predicted octanol–water partition coefficient (Wildman–Crippen LogP) is 3.87. The molecule has 3 rings (SSSR count). The van der Waals surface area contributed by atoms with Gasteiger partial charge in [-0.3, -0.25) is 9.59 Å². The monoisotopic (exact) mass is 328 g/mol. The molecule has 5 heteroatoms. The molecule has 0 fully saturated rings. The molecule has 0 spiro atoms. The average Bonchev–Trinajstić information content (AvgIpc) is 2.55. The maximum Gasteiger partial charge on any atom is 0.227 e. The Morgan fingerprint density at radius 2 is 1.91 bits per heavy atom. The van der Waals surface area contributed by atoms with Crippen LogP contribution in [0.5, 0.6) is 0 Å². The van der Waals surface area contributed by atoms with Crippen LogP contribution >= 0.6 is 11.6 Å². The second kappa shape index (κ2) is 6.84. The van der Waals surface area contributed by atoms with Crippen molar-refractivity contribution < 1.29 is 9.59 Å². The van der Waals surface area contributed by atoms with Crippen molar-refractivity contribution in [1.82, 2.24) is 0 Å². The zero-order chi connectivity index (χ0) is 16.2. The van der Waals surface area contributed by atoms with Crippen molar-refractivity contribution in [3.63, 3.8) is 0 Å². The van der Waals surface area contributed by atoms with Crippen LogP contribution < -0.4 is 10.6 Å². The van der Waals surface area contributed by atoms with Gasteiger partial charge in [-0.2, -0.15) is 0 Å². The van der Waals surface area contributed by atoms with E-state index in [1.807, 2.05) is 36.4 Å². The molecule has 0 aromatic heterocycles. The van der Waals surface area contributed by atoms with Gasteiger partial charge in [0, 0.05) is 18.0 Å². The Kier molecular flexibility index (Phi) is 4.63. The summed E-state index contributed by atoms with van der Waals surface area (Å²) in [6, 6.07) is 14.9. The summed E-state index contributed by atoms with van der Waals surface area (Å²) in [6.45, 7) is 0. The highest BCUT2D eigenvalue weighted by Crippen LogP contribution is 2.28. The zero-order valence-electron chi connectivity index (χ0n) is 12.5. The molecule has 2 aromatic rings. The lowest BCUT2D eigenvalue weighted by atomic mass is 9.89. The van der Waals surface area contributed by atoms with Gasteiger partial charge in [0.15, 0.2) is 0 Å². The number of hydrogen-bond acceptors (Lipinski definition) is 2. The number of anilines is 2. The summed E-state index contributed by atoms with van der Waals surface area (Å²) in [7, 11) is 0.